The molecule has 1 saturated heterocycles. The van der Waals surface area contributed by atoms with E-state index in [0.29, 0.717) is 6.04 Å². The van der Waals surface area contributed by atoms with Crippen LogP contribution in [0.4, 0.5) is 0 Å². The van der Waals surface area contributed by atoms with Crippen LogP contribution in [0.3, 0.4) is 0 Å². The van der Waals surface area contributed by atoms with E-state index < -0.39 is 0 Å². The zero-order valence-corrected chi connectivity index (χ0v) is 10.5. The Balaban J connectivity index is 1.57. The molecule has 0 atom stereocenters. The molecule has 0 aromatic rings. The van der Waals surface area contributed by atoms with Gasteiger partial charge < -0.3 is 19.5 Å². The standard InChI is InChI=1S/C13H23NO3/c1-2-15-9-3-8-14-12-4-6-13(7-5-12)16-10-11-17-13/h2,12,14H,1,3-11H2. The second-order valence-electron chi connectivity index (χ2n) is 4.73. The fourth-order valence-corrected chi connectivity index (χ4v) is 2.59. The summed E-state index contributed by atoms with van der Waals surface area (Å²) in [5.74, 6) is -0.232. The summed E-state index contributed by atoms with van der Waals surface area (Å²) in [7, 11) is 0. The monoisotopic (exact) mass is 241 g/mol. The summed E-state index contributed by atoms with van der Waals surface area (Å²) in [6.45, 7) is 6.80. The lowest BCUT2D eigenvalue weighted by atomic mass is 9.90. The summed E-state index contributed by atoms with van der Waals surface area (Å²) in [6, 6.07) is 0.608. The van der Waals surface area contributed by atoms with E-state index in [4.69, 9.17) is 14.2 Å². The Bertz CT molecular complexity index is 229. The molecule has 0 unspecified atom stereocenters. The highest BCUT2D eigenvalue weighted by Gasteiger charge is 2.39. The molecule has 1 N–H and O–H groups in total. The third-order valence-electron chi connectivity index (χ3n) is 3.55. The minimum absolute atomic E-state index is 0.232. The molecule has 98 valence electrons. The Labute approximate surface area is 103 Å². The van der Waals surface area contributed by atoms with Crippen LogP contribution >= 0.6 is 0 Å². The molecule has 1 aliphatic heterocycles. The van der Waals surface area contributed by atoms with Crippen LogP contribution in [0.2, 0.25) is 0 Å². The topological polar surface area (TPSA) is 39.7 Å². The Kier molecular flexibility index (Phi) is 4.83. The highest BCUT2D eigenvalue weighted by Crippen LogP contribution is 2.35. The summed E-state index contributed by atoms with van der Waals surface area (Å²) in [4.78, 5) is 0. The Morgan fingerprint density at radius 3 is 2.65 bits per heavy atom. The maximum Gasteiger partial charge on any atom is 0.168 e. The van der Waals surface area contributed by atoms with Crippen molar-refractivity contribution < 1.29 is 14.2 Å². The number of ether oxygens (including phenoxy) is 3. The predicted octanol–water partition coefficient (Wildman–Crippen LogP) is 1.81. The molecule has 4 heteroatoms. The number of nitrogens with one attached hydrogen (secondary N) is 1. The van der Waals surface area contributed by atoms with Crippen molar-refractivity contribution in [3.63, 3.8) is 0 Å². The maximum absolute atomic E-state index is 5.71. The first-order valence-corrected chi connectivity index (χ1v) is 6.58. The molecule has 0 aromatic heterocycles. The quantitative estimate of drug-likeness (QED) is 0.569. The van der Waals surface area contributed by atoms with Crippen molar-refractivity contribution in [3.05, 3.63) is 12.8 Å². The van der Waals surface area contributed by atoms with E-state index in [2.05, 4.69) is 11.9 Å². The molecular weight excluding hydrogens is 218 g/mol. The minimum atomic E-state index is -0.232. The van der Waals surface area contributed by atoms with Gasteiger partial charge in [0.2, 0.25) is 0 Å². The smallest absolute Gasteiger partial charge is 0.168 e. The van der Waals surface area contributed by atoms with Crippen molar-refractivity contribution >= 4 is 0 Å². The normalized spacial score (nSPS) is 24.0. The van der Waals surface area contributed by atoms with Gasteiger partial charge in [-0.2, -0.15) is 0 Å². The van der Waals surface area contributed by atoms with Gasteiger partial charge in [-0.25, -0.2) is 0 Å². The van der Waals surface area contributed by atoms with Crippen LogP contribution in [0, 0.1) is 0 Å². The lowest BCUT2D eigenvalue weighted by Gasteiger charge is -2.35. The van der Waals surface area contributed by atoms with Gasteiger partial charge in [0.05, 0.1) is 26.1 Å². The van der Waals surface area contributed by atoms with Crippen molar-refractivity contribution in [2.24, 2.45) is 0 Å². The zero-order chi connectivity index (χ0) is 12.0. The summed E-state index contributed by atoms with van der Waals surface area (Å²) < 4.78 is 16.5. The van der Waals surface area contributed by atoms with Crippen LogP contribution in [0.25, 0.3) is 0 Å². The Morgan fingerprint density at radius 1 is 1.29 bits per heavy atom. The maximum atomic E-state index is 5.71. The van der Waals surface area contributed by atoms with Crippen LogP contribution in [-0.4, -0.2) is 38.2 Å². The van der Waals surface area contributed by atoms with Gasteiger partial charge in [0, 0.05) is 18.9 Å². The molecule has 17 heavy (non-hydrogen) atoms. The van der Waals surface area contributed by atoms with Gasteiger partial charge in [-0.3, -0.25) is 0 Å². The lowest BCUT2D eigenvalue weighted by Crippen LogP contribution is -2.42. The molecule has 0 aromatic carbocycles. The second-order valence-corrected chi connectivity index (χ2v) is 4.73. The molecule has 0 amide bonds. The number of rotatable bonds is 6. The first kappa shape index (κ1) is 12.9. The van der Waals surface area contributed by atoms with Gasteiger partial charge in [0.15, 0.2) is 5.79 Å². The first-order valence-electron chi connectivity index (χ1n) is 6.58. The van der Waals surface area contributed by atoms with Crippen molar-refractivity contribution in [1.82, 2.24) is 5.32 Å². The highest BCUT2D eigenvalue weighted by atomic mass is 16.7. The van der Waals surface area contributed by atoms with E-state index in [1.54, 1.807) is 0 Å². The molecule has 1 spiro atoms. The highest BCUT2D eigenvalue weighted by molar-refractivity contribution is 4.85. The Hall–Kier alpha value is -0.580. The fourth-order valence-electron chi connectivity index (χ4n) is 2.59. The summed E-state index contributed by atoms with van der Waals surface area (Å²) >= 11 is 0. The summed E-state index contributed by atoms with van der Waals surface area (Å²) in [6.07, 6.45) is 6.85. The summed E-state index contributed by atoms with van der Waals surface area (Å²) in [5.41, 5.74) is 0. The van der Waals surface area contributed by atoms with Gasteiger partial charge in [-0.05, 0) is 25.8 Å². The molecule has 2 fully saturated rings. The van der Waals surface area contributed by atoms with E-state index in [9.17, 15) is 0 Å². The van der Waals surface area contributed by atoms with E-state index in [-0.39, 0.29) is 5.79 Å². The van der Waals surface area contributed by atoms with Gasteiger partial charge in [0.1, 0.15) is 0 Å². The molecule has 2 aliphatic rings. The van der Waals surface area contributed by atoms with E-state index in [0.717, 1.165) is 58.5 Å². The van der Waals surface area contributed by atoms with E-state index >= 15 is 0 Å². The lowest BCUT2D eigenvalue weighted by molar-refractivity contribution is -0.179. The van der Waals surface area contributed by atoms with Gasteiger partial charge in [-0.1, -0.05) is 6.58 Å². The van der Waals surface area contributed by atoms with Crippen LogP contribution in [0.5, 0.6) is 0 Å². The van der Waals surface area contributed by atoms with Crippen LogP contribution in [0.1, 0.15) is 32.1 Å². The number of hydrogen-bond acceptors (Lipinski definition) is 4. The van der Waals surface area contributed by atoms with Crippen molar-refractivity contribution in [1.29, 1.82) is 0 Å². The fraction of sp³-hybridized carbons (Fsp3) is 0.846. The van der Waals surface area contributed by atoms with Gasteiger partial charge in [0.25, 0.3) is 0 Å². The molecule has 0 bridgehead atoms. The summed E-state index contributed by atoms with van der Waals surface area (Å²) in [5, 5.41) is 3.56. The predicted molar refractivity (Wildman–Crippen MR) is 65.7 cm³/mol. The molecule has 1 heterocycles. The van der Waals surface area contributed by atoms with Crippen LogP contribution in [-0.2, 0) is 14.2 Å². The van der Waals surface area contributed by atoms with Crippen LogP contribution in [0.15, 0.2) is 12.8 Å². The van der Waals surface area contributed by atoms with Crippen LogP contribution < -0.4 is 5.32 Å². The zero-order valence-electron chi connectivity index (χ0n) is 10.5. The molecule has 0 radical (unpaired) electrons. The molecule has 1 aliphatic carbocycles. The Morgan fingerprint density at radius 2 is 2.00 bits per heavy atom. The van der Waals surface area contributed by atoms with Crippen molar-refractivity contribution in [2.75, 3.05) is 26.4 Å². The largest absolute Gasteiger partial charge is 0.502 e. The van der Waals surface area contributed by atoms with E-state index in [1.165, 1.54) is 6.26 Å². The van der Waals surface area contributed by atoms with Gasteiger partial charge in [-0.15, -0.1) is 0 Å². The molecule has 1 saturated carbocycles. The second kappa shape index (κ2) is 6.38. The third kappa shape index (κ3) is 3.69. The minimum Gasteiger partial charge on any atom is -0.502 e. The SMILES string of the molecule is C=COCCCNC1CCC2(CC1)OCCO2. The van der Waals surface area contributed by atoms with Crippen molar-refractivity contribution in [2.45, 2.75) is 43.9 Å². The van der Waals surface area contributed by atoms with Crippen molar-refractivity contribution in [3.8, 4) is 0 Å². The first-order chi connectivity index (χ1) is 8.35. The average Bonchev–Trinajstić information content (AvgIpc) is 2.80. The molecular formula is C13H23NO3. The molecule has 4 nitrogen and oxygen atoms in total. The average molecular weight is 241 g/mol. The van der Waals surface area contributed by atoms with E-state index in [1.807, 2.05) is 0 Å². The molecule has 2 rings (SSSR count). The number of hydrogen-bond donors (Lipinski definition) is 1. The van der Waals surface area contributed by atoms with Gasteiger partial charge >= 0.3 is 0 Å². The third-order valence-corrected chi connectivity index (χ3v) is 3.55.